The van der Waals surface area contributed by atoms with E-state index in [0.29, 0.717) is 0 Å². The van der Waals surface area contributed by atoms with Gasteiger partial charge in [0.2, 0.25) is 11.4 Å². The number of benzene rings is 3. The maximum Gasteiger partial charge on any atom is 0.244 e. The molecule has 0 spiro atoms. The van der Waals surface area contributed by atoms with Gasteiger partial charge in [0.05, 0.1) is 12.4 Å². The minimum Gasteiger partial charge on any atom is -1.00 e. The lowest BCUT2D eigenvalue weighted by molar-refractivity contribution is -0.706. The first-order valence-corrected chi connectivity index (χ1v) is 9.80. The number of hydrogen-bond acceptors (Lipinski definition) is 0. The molecule has 5 aromatic rings. The Balaban J connectivity index is 0.00000218. The molecule has 0 aliphatic rings. The molecule has 0 aliphatic heterocycles. The summed E-state index contributed by atoms with van der Waals surface area (Å²) in [7, 11) is 0. The van der Waals surface area contributed by atoms with Gasteiger partial charge in [0.1, 0.15) is 0 Å². The molecule has 0 unspecified atom stereocenters. The van der Waals surface area contributed by atoms with Gasteiger partial charge in [-0.3, -0.25) is 0 Å². The zero-order valence-corrected chi connectivity index (χ0v) is 17.2. The van der Waals surface area contributed by atoms with Crippen LogP contribution in [-0.2, 0) is 0 Å². The number of pyridine rings is 1. The standard InChI is InChI=1S/C27H21N2.ClH/c1-4-12-22(13-5-1)25-20-26(23-14-6-2-7-15-23)29(28-18-10-11-19-28)27(21-25)24-16-8-3-9-17-24;/h1-21H;1H/q+1;/p-1. The fourth-order valence-electron chi connectivity index (χ4n) is 3.72. The van der Waals surface area contributed by atoms with Crippen LogP contribution in [0.4, 0.5) is 0 Å². The van der Waals surface area contributed by atoms with E-state index in [9.17, 15) is 0 Å². The molecule has 146 valence electrons. The Bertz CT molecular complexity index is 1160. The number of hydrogen-bond donors (Lipinski definition) is 0. The van der Waals surface area contributed by atoms with Crippen molar-refractivity contribution in [3.63, 3.8) is 0 Å². The molecule has 0 atom stereocenters. The fraction of sp³-hybridized carbons (Fsp3) is 0. The Morgan fingerprint density at radius 3 is 1.27 bits per heavy atom. The molecule has 0 aliphatic carbocycles. The van der Waals surface area contributed by atoms with E-state index in [1.807, 2.05) is 0 Å². The van der Waals surface area contributed by atoms with E-state index in [-0.39, 0.29) is 12.4 Å². The van der Waals surface area contributed by atoms with Crippen molar-refractivity contribution >= 4 is 0 Å². The summed E-state index contributed by atoms with van der Waals surface area (Å²) in [6.45, 7) is 0. The molecule has 0 radical (unpaired) electrons. The van der Waals surface area contributed by atoms with Crippen LogP contribution in [-0.4, -0.2) is 4.68 Å². The molecule has 3 heteroatoms. The average molecular weight is 409 g/mol. The van der Waals surface area contributed by atoms with E-state index in [1.54, 1.807) is 0 Å². The topological polar surface area (TPSA) is 8.81 Å². The van der Waals surface area contributed by atoms with Crippen LogP contribution < -0.4 is 17.1 Å². The molecule has 2 heterocycles. The first-order chi connectivity index (χ1) is 14.4. The lowest BCUT2D eigenvalue weighted by Crippen LogP contribution is -3.00. The van der Waals surface area contributed by atoms with Crippen LogP contribution in [0, 0.1) is 0 Å². The zero-order chi connectivity index (χ0) is 19.5. The summed E-state index contributed by atoms with van der Waals surface area (Å²) in [5.41, 5.74) is 7.05. The molecule has 0 N–H and O–H groups in total. The van der Waals surface area contributed by atoms with E-state index in [0.717, 1.165) is 11.4 Å². The molecule has 5 rings (SSSR count). The molecule has 3 aromatic carbocycles. The second-order valence-electron chi connectivity index (χ2n) is 6.99. The summed E-state index contributed by atoms with van der Waals surface area (Å²) in [5, 5.41) is 0. The summed E-state index contributed by atoms with van der Waals surface area (Å²) in [6.07, 6.45) is 4.17. The summed E-state index contributed by atoms with van der Waals surface area (Å²) in [5.74, 6) is 0. The SMILES string of the molecule is [Cl-].c1ccc(-c2cc(-c3ccccc3)[n+](-n3cccc3)c(-c3ccccc3)c2)cc1. The van der Waals surface area contributed by atoms with Gasteiger partial charge in [-0.2, -0.15) is 0 Å². The Kier molecular flexibility index (Phi) is 5.78. The molecule has 0 amide bonds. The van der Waals surface area contributed by atoms with Gasteiger partial charge in [0.25, 0.3) is 0 Å². The van der Waals surface area contributed by atoms with E-state index < -0.39 is 0 Å². The predicted octanol–water partition coefficient (Wildman–Crippen LogP) is 3.09. The summed E-state index contributed by atoms with van der Waals surface area (Å²) >= 11 is 0. The molecular weight excluding hydrogens is 388 g/mol. The van der Waals surface area contributed by atoms with Gasteiger partial charge in [-0.25, -0.2) is 0 Å². The number of rotatable bonds is 4. The zero-order valence-electron chi connectivity index (χ0n) is 16.4. The number of nitrogens with zero attached hydrogens (tertiary/aromatic N) is 2. The van der Waals surface area contributed by atoms with E-state index in [2.05, 4.69) is 137 Å². The van der Waals surface area contributed by atoms with Gasteiger partial charge in [-0.05, 0) is 47.5 Å². The summed E-state index contributed by atoms with van der Waals surface area (Å²) in [6, 6.07) is 40.4. The normalized spacial score (nSPS) is 10.4. The minimum absolute atomic E-state index is 0. The van der Waals surface area contributed by atoms with Crippen molar-refractivity contribution in [3.8, 4) is 33.6 Å². The smallest absolute Gasteiger partial charge is 0.244 e. The van der Waals surface area contributed by atoms with Gasteiger partial charge in [-0.1, -0.05) is 71.4 Å². The maximum absolute atomic E-state index is 2.27. The average Bonchev–Trinajstić information content (AvgIpc) is 3.34. The van der Waals surface area contributed by atoms with Crippen LogP contribution in [0.2, 0.25) is 0 Å². The molecule has 0 fully saturated rings. The first kappa shape index (κ1) is 19.7. The largest absolute Gasteiger partial charge is 1.00 e. The maximum atomic E-state index is 2.27. The van der Waals surface area contributed by atoms with Crippen LogP contribution in [0.25, 0.3) is 33.6 Å². The highest BCUT2D eigenvalue weighted by Gasteiger charge is 2.24. The van der Waals surface area contributed by atoms with Crippen molar-refractivity contribution in [2.75, 3.05) is 0 Å². The van der Waals surface area contributed by atoms with Gasteiger partial charge in [0.15, 0.2) is 0 Å². The molecular formula is C27H21ClN2. The van der Waals surface area contributed by atoms with Crippen molar-refractivity contribution in [1.82, 2.24) is 4.68 Å². The Morgan fingerprint density at radius 2 is 0.833 bits per heavy atom. The highest BCUT2D eigenvalue weighted by atomic mass is 35.5. The lowest BCUT2D eigenvalue weighted by atomic mass is 9.99. The Hall–Kier alpha value is -3.62. The van der Waals surface area contributed by atoms with Crippen LogP contribution in [0.5, 0.6) is 0 Å². The summed E-state index contributed by atoms with van der Waals surface area (Å²) in [4.78, 5) is 0. The monoisotopic (exact) mass is 408 g/mol. The Morgan fingerprint density at radius 1 is 0.433 bits per heavy atom. The molecule has 0 saturated carbocycles. The van der Waals surface area contributed by atoms with Crippen LogP contribution >= 0.6 is 0 Å². The molecule has 0 saturated heterocycles. The van der Waals surface area contributed by atoms with Crippen molar-refractivity contribution in [1.29, 1.82) is 0 Å². The van der Waals surface area contributed by atoms with Crippen LogP contribution in [0.1, 0.15) is 0 Å². The Labute approximate surface area is 183 Å². The number of halogens is 1. The minimum atomic E-state index is 0. The molecule has 2 aromatic heterocycles. The first-order valence-electron chi connectivity index (χ1n) is 9.80. The molecule has 0 bridgehead atoms. The van der Waals surface area contributed by atoms with Crippen molar-refractivity contribution in [2.45, 2.75) is 0 Å². The van der Waals surface area contributed by atoms with E-state index >= 15 is 0 Å². The molecule has 30 heavy (non-hydrogen) atoms. The van der Waals surface area contributed by atoms with Gasteiger partial charge in [-0.15, -0.1) is 4.68 Å². The summed E-state index contributed by atoms with van der Waals surface area (Å²) < 4.78 is 4.41. The van der Waals surface area contributed by atoms with Gasteiger partial charge in [0, 0.05) is 23.3 Å². The van der Waals surface area contributed by atoms with Gasteiger partial charge < -0.3 is 12.4 Å². The predicted molar refractivity (Wildman–Crippen MR) is 118 cm³/mol. The van der Waals surface area contributed by atoms with E-state index in [1.165, 1.54) is 22.3 Å². The lowest BCUT2D eigenvalue weighted by Gasteiger charge is -2.12. The van der Waals surface area contributed by atoms with Crippen LogP contribution in [0.15, 0.2) is 128 Å². The van der Waals surface area contributed by atoms with Crippen molar-refractivity contribution in [3.05, 3.63) is 128 Å². The second kappa shape index (κ2) is 8.81. The third kappa shape index (κ3) is 3.78. The third-order valence-electron chi connectivity index (χ3n) is 5.11. The quantitative estimate of drug-likeness (QED) is 0.404. The number of aromatic nitrogens is 2. The highest BCUT2D eigenvalue weighted by Crippen LogP contribution is 2.29. The third-order valence-corrected chi connectivity index (χ3v) is 5.11. The molecule has 2 nitrogen and oxygen atoms in total. The van der Waals surface area contributed by atoms with Crippen LogP contribution in [0.3, 0.4) is 0 Å². The fourth-order valence-corrected chi connectivity index (χ4v) is 3.72. The van der Waals surface area contributed by atoms with E-state index in [4.69, 9.17) is 0 Å². The van der Waals surface area contributed by atoms with Crippen molar-refractivity contribution < 1.29 is 17.1 Å². The second-order valence-corrected chi connectivity index (χ2v) is 6.99. The highest BCUT2D eigenvalue weighted by molar-refractivity contribution is 5.73. The van der Waals surface area contributed by atoms with Crippen molar-refractivity contribution in [2.24, 2.45) is 0 Å². The van der Waals surface area contributed by atoms with Gasteiger partial charge >= 0.3 is 0 Å².